The number of rotatable bonds is 69. The van der Waals surface area contributed by atoms with Crippen molar-refractivity contribution in [1.29, 1.82) is 0 Å². The van der Waals surface area contributed by atoms with Gasteiger partial charge in [-0.25, -0.2) is 0 Å². The zero-order valence-electron chi connectivity index (χ0n) is 55.2. The Kier molecular flexibility index (Phi) is 69.4. The minimum absolute atomic E-state index is 0.00652. The zero-order chi connectivity index (χ0) is 59.2. The molecular formula is C76H143NO5. The third-order valence-corrected chi connectivity index (χ3v) is 17.1. The molecule has 0 aromatic heterocycles. The van der Waals surface area contributed by atoms with Crippen molar-refractivity contribution in [3.05, 3.63) is 48.6 Å². The largest absolute Gasteiger partial charge is 0.466 e. The van der Waals surface area contributed by atoms with Gasteiger partial charge in [-0.3, -0.25) is 9.59 Å². The summed E-state index contributed by atoms with van der Waals surface area (Å²) in [5.41, 5.74) is 0. The van der Waals surface area contributed by atoms with Crippen LogP contribution in [0.5, 0.6) is 0 Å². The van der Waals surface area contributed by atoms with E-state index >= 15 is 0 Å². The van der Waals surface area contributed by atoms with Gasteiger partial charge in [0.05, 0.1) is 25.4 Å². The molecule has 0 heterocycles. The molecule has 6 heteroatoms. The Balaban J connectivity index is 3.40. The molecule has 0 spiro atoms. The summed E-state index contributed by atoms with van der Waals surface area (Å²) in [5.74, 6) is -0.0561. The van der Waals surface area contributed by atoms with Crippen molar-refractivity contribution in [2.45, 2.75) is 411 Å². The van der Waals surface area contributed by atoms with Gasteiger partial charge >= 0.3 is 5.97 Å². The summed E-state index contributed by atoms with van der Waals surface area (Å²) < 4.78 is 5.47. The third kappa shape index (κ3) is 67.0. The smallest absolute Gasteiger partial charge is 0.305 e. The highest BCUT2D eigenvalue weighted by atomic mass is 16.5. The minimum Gasteiger partial charge on any atom is -0.466 e. The molecule has 6 nitrogen and oxygen atoms in total. The fourth-order valence-corrected chi connectivity index (χ4v) is 11.4. The standard InChI is InChI=1S/C76H143NO5/c1-3-5-7-9-11-13-15-17-18-19-39-42-45-48-52-56-60-64-68-74(79)73(72-78)77-75(80)69-65-61-57-53-49-46-43-40-37-35-33-31-29-27-25-23-21-20-22-24-26-28-30-32-34-36-38-41-44-47-51-55-59-63-67-71-82-76(81)70-66-62-58-54-50-16-14-12-10-8-6-4-2/h12,14,22,24,28,30,64,68,73-74,78-79H,3-11,13,15-21,23,25-27,29,31-63,65-67,69-72H2,1-2H3,(H,77,80)/b14-12-,24-22-,30-28-,68-64+. The van der Waals surface area contributed by atoms with E-state index in [2.05, 4.69) is 55.6 Å². The van der Waals surface area contributed by atoms with E-state index in [0.717, 1.165) is 51.4 Å². The zero-order valence-corrected chi connectivity index (χ0v) is 55.2. The van der Waals surface area contributed by atoms with Gasteiger partial charge in [0.2, 0.25) is 5.91 Å². The van der Waals surface area contributed by atoms with E-state index in [1.165, 1.54) is 321 Å². The first-order chi connectivity index (χ1) is 40.5. The first-order valence-corrected chi connectivity index (χ1v) is 36.9. The van der Waals surface area contributed by atoms with Gasteiger partial charge in [0, 0.05) is 12.8 Å². The first-order valence-electron chi connectivity index (χ1n) is 36.9. The van der Waals surface area contributed by atoms with Crippen molar-refractivity contribution in [3.8, 4) is 0 Å². The fourth-order valence-electron chi connectivity index (χ4n) is 11.4. The summed E-state index contributed by atoms with van der Waals surface area (Å²) in [5, 5.41) is 23.2. The molecule has 0 bridgehead atoms. The average Bonchev–Trinajstić information content (AvgIpc) is 3.48. The number of carbonyl (C=O) groups excluding carboxylic acids is 2. The number of aliphatic hydroxyl groups is 2. The van der Waals surface area contributed by atoms with E-state index in [1.54, 1.807) is 6.08 Å². The molecule has 0 aromatic carbocycles. The molecule has 482 valence electrons. The van der Waals surface area contributed by atoms with Crippen LogP contribution in [0, 0.1) is 0 Å². The number of esters is 1. The van der Waals surface area contributed by atoms with Crippen molar-refractivity contribution in [2.75, 3.05) is 13.2 Å². The number of allylic oxidation sites excluding steroid dienone is 7. The van der Waals surface area contributed by atoms with E-state index in [4.69, 9.17) is 4.74 Å². The van der Waals surface area contributed by atoms with Gasteiger partial charge in [-0.15, -0.1) is 0 Å². The first kappa shape index (κ1) is 79.8. The summed E-state index contributed by atoms with van der Waals surface area (Å²) in [6.45, 7) is 4.91. The molecular weight excluding hydrogens is 1010 g/mol. The van der Waals surface area contributed by atoms with E-state index in [-0.39, 0.29) is 18.5 Å². The van der Waals surface area contributed by atoms with Crippen LogP contribution in [-0.4, -0.2) is 47.4 Å². The van der Waals surface area contributed by atoms with Gasteiger partial charge in [0.15, 0.2) is 0 Å². The second-order valence-corrected chi connectivity index (χ2v) is 25.3. The summed E-state index contributed by atoms with van der Waals surface area (Å²) in [6, 6.07) is -0.627. The summed E-state index contributed by atoms with van der Waals surface area (Å²) in [6.07, 6.45) is 93.5. The normalized spacial score (nSPS) is 12.8. The molecule has 0 aliphatic carbocycles. The minimum atomic E-state index is -0.844. The highest BCUT2D eigenvalue weighted by Crippen LogP contribution is 2.18. The maximum absolute atomic E-state index is 12.5. The molecule has 82 heavy (non-hydrogen) atoms. The van der Waals surface area contributed by atoms with Crippen LogP contribution < -0.4 is 5.32 Å². The molecule has 1 amide bonds. The third-order valence-electron chi connectivity index (χ3n) is 17.1. The van der Waals surface area contributed by atoms with Crippen LogP contribution in [0.3, 0.4) is 0 Å². The molecule has 0 saturated heterocycles. The Hall–Kier alpha value is -2.18. The highest BCUT2D eigenvalue weighted by molar-refractivity contribution is 5.76. The van der Waals surface area contributed by atoms with E-state index < -0.39 is 12.1 Å². The number of nitrogens with one attached hydrogen (secondary N) is 1. The van der Waals surface area contributed by atoms with Crippen LogP contribution in [0.25, 0.3) is 0 Å². The Morgan fingerprint density at radius 1 is 0.341 bits per heavy atom. The van der Waals surface area contributed by atoms with Crippen LogP contribution in [-0.2, 0) is 14.3 Å². The molecule has 3 N–H and O–H groups in total. The second-order valence-electron chi connectivity index (χ2n) is 25.3. The van der Waals surface area contributed by atoms with Gasteiger partial charge in [0.25, 0.3) is 0 Å². The molecule has 0 saturated carbocycles. The number of unbranched alkanes of at least 4 members (excludes halogenated alkanes) is 52. The molecule has 2 atom stereocenters. The van der Waals surface area contributed by atoms with Crippen molar-refractivity contribution in [2.24, 2.45) is 0 Å². The Labute approximate surface area is 512 Å². The van der Waals surface area contributed by atoms with Crippen molar-refractivity contribution >= 4 is 11.9 Å². The van der Waals surface area contributed by atoms with Gasteiger partial charge < -0.3 is 20.3 Å². The molecule has 2 unspecified atom stereocenters. The number of ether oxygens (including phenoxy) is 1. The second kappa shape index (κ2) is 71.3. The van der Waals surface area contributed by atoms with Gasteiger partial charge in [-0.05, 0) is 89.9 Å². The Morgan fingerprint density at radius 3 is 0.963 bits per heavy atom. The lowest BCUT2D eigenvalue weighted by atomic mass is 10.0. The lowest BCUT2D eigenvalue weighted by molar-refractivity contribution is -0.143. The fraction of sp³-hybridized carbons (Fsp3) is 0.868. The van der Waals surface area contributed by atoms with Crippen LogP contribution in [0.2, 0.25) is 0 Å². The van der Waals surface area contributed by atoms with Crippen LogP contribution in [0.4, 0.5) is 0 Å². The van der Waals surface area contributed by atoms with E-state index in [1.807, 2.05) is 6.08 Å². The SMILES string of the molecule is CCCCC/C=C\CCCCCCCC(=O)OCCCCCCCCCCCCC/C=C\C/C=C\CCCCCCCCCCCCCCCCCCCC(=O)NC(CO)C(O)/C=C/CCCCCCCCCCCCCCCCCC. The topological polar surface area (TPSA) is 95.9 Å². The number of amides is 1. The predicted octanol–water partition coefficient (Wildman–Crippen LogP) is 24.0. The van der Waals surface area contributed by atoms with E-state index in [9.17, 15) is 19.8 Å². The number of carbonyl (C=O) groups is 2. The lowest BCUT2D eigenvalue weighted by Crippen LogP contribution is -2.45. The van der Waals surface area contributed by atoms with Gasteiger partial charge in [-0.2, -0.15) is 0 Å². The Bertz CT molecular complexity index is 1370. The monoisotopic (exact) mass is 1150 g/mol. The number of hydrogen-bond donors (Lipinski definition) is 3. The van der Waals surface area contributed by atoms with E-state index in [0.29, 0.717) is 19.4 Å². The highest BCUT2D eigenvalue weighted by Gasteiger charge is 2.18. The van der Waals surface area contributed by atoms with Crippen LogP contribution in [0.1, 0.15) is 399 Å². The molecule has 0 aromatic rings. The maximum atomic E-state index is 12.5. The summed E-state index contributed by atoms with van der Waals surface area (Å²) in [4.78, 5) is 24.5. The quantitative estimate of drug-likeness (QED) is 0.0320. The molecule has 0 aliphatic rings. The maximum Gasteiger partial charge on any atom is 0.305 e. The molecule has 0 aliphatic heterocycles. The average molecular weight is 1150 g/mol. The van der Waals surface area contributed by atoms with Crippen LogP contribution >= 0.6 is 0 Å². The van der Waals surface area contributed by atoms with Crippen LogP contribution in [0.15, 0.2) is 48.6 Å². The Morgan fingerprint density at radius 2 is 0.610 bits per heavy atom. The van der Waals surface area contributed by atoms with Crippen molar-refractivity contribution in [3.63, 3.8) is 0 Å². The van der Waals surface area contributed by atoms with Gasteiger partial charge in [-0.1, -0.05) is 345 Å². The summed E-state index contributed by atoms with van der Waals surface area (Å²) in [7, 11) is 0. The lowest BCUT2D eigenvalue weighted by Gasteiger charge is -2.20. The molecule has 0 fully saturated rings. The summed E-state index contributed by atoms with van der Waals surface area (Å²) >= 11 is 0. The van der Waals surface area contributed by atoms with Gasteiger partial charge in [0.1, 0.15) is 0 Å². The molecule has 0 rings (SSSR count). The van der Waals surface area contributed by atoms with Crippen molar-refractivity contribution < 1.29 is 24.5 Å². The molecule has 0 radical (unpaired) electrons. The predicted molar refractivity (Wildman–Crippen MR) is 361 cm³/mol. The number of aliphatic hydroxyl groups excluding tert-OH is 2. The number of hydrogen-bond acceptors (Lipinski definition) is 5. The van der Waals surface area contributed by atoms with Crippen molar-refractivity contribution in [1.82, 2.24) is 5.32 Å².